The highest BCUT2D eigenvalue weighted by Crippen LogP contribution is 2.42. The van der Waals surface area contributed by atoms with Gasteiger partial charge in [-0.3, -0.25) is 4.79 Å². The molecule has 0 radical (unpaired) electrons. The number of benzene rings is 7. The van der Waals surface area contributed by atoms with Crippen LogP contribution in [0, 0.1) is 0 Å². The molecular weight excluding hydrogens is 1330 g/mol. The summed E-state index contributed by atoms with van der Waals surface area (Å²) in [7, 11) is 2.95. The first-order chi connectivity index (χ1) is 50.4. The summed E-state index contributed by atoms with van der Waals surface area (Å²) in [5, 5.41) is 3.19. The Balaban J connectivity index is 1.02. The number of hydrogen-bond acceptors (Lipinski definition) is 18. The quantitative estimate of drug-likeness (QED) is 0.0216. The Hall–Kier alpha value is -6.28. The summed E-state index contributed by atoms with van der Waals surface area (Å²) in [6.45, 7) is 5.38. The predicted molar refractivity (Wildman–Crippen MR) is 387 cm³/mol. The van der Waals surface area contributed by atoms with E-state index in [2.05, 4.69) is 12.2 Å². The molecule has 0 saturated carbocycles. The maximum absolute atomic E-state index is 14.1. The second-order valence-corrected chi connectivity index (χ2v) is 28.7. The van der Waals surface area contributed by atoms with E-state index in [0.29, 0.717) is 17.6 Å². The fourth-order valence-electron chi connectivity index (χ4n) is 13.1. The van der Waals surface area contributed by atoms with Crippen LogP contribution < -0.4 is 10.2 Å². The standard InChI is InChI=1S/C82H103N2O18P/c1-6-7-8-9-10-32-48-88-81-77(92-54-64-41-26-15-27-42-64)75(91-53-63-39-24-14-25-40-63)72(67(98-81)56-87-50-60-33-18-11-19-34-60)101-82-78(93-55-65-43-28-16-29-44-65)76(73-68(99-82)57-94-79(100-73)66-45-30-17-31-46-66)102-80-70(83-59(2)85)74(90-52-62-37-22-13-23-38-62)71(89-51-61-35-20-12-21-36-61)69(97-80)58-96-103(86)95-49-47-84(3,4)5/h11-31,33-46,67-82,103H,6-10,32,47-58H2,1-5H3/p+1/t67-,68-,69-,70-,71-,72-,73-,74-,75+,76+,77-,78+,79?,80+,81-,82+/m1/s1. The van der Waals surface area contributed by atoms with Crippen molar-refractivity contribution in [2.24, 2.45) is 0 Å². The molecule has 2 unspecified atom stereocenters. The maximum atomic E-state index is 14.1. The fourth-order valence-corrected chi connectivity index (χ4v) is 13.7. The molecule has 4 heterocycles. The number of fused-ring (bicyclic) bond motifs is 1. The lowest BCUT2D eigenvalue weighted by molar-refractivity contribution is -0.870. The molecule has 0 bridgehead atoms. The molecule has 4 saturated heterocycles. The van der Waals surface area contributed by atoms with Crippen LogP contribution in [0.15, 0.2) is 212 Å². The zero-order valence-corrected chi connectivity index (χ0v) is 61.0. The Morgan fingerprint density at radius 1 is 0.456 bits per heavy atom. The van der Waals surface area contributed by atoms with Gasteiger partial charge >= 0.3 is 0 Å². The van der Waals surface area contributed by atoms with Crippen molar-refractivity contribution < 1.29 is 89.5 Å². The molecule has 21 heteroatoms. The average molecular weight is 1440 g/mol. The minimum Gasteiger partial charge on any atom is -0.633 e. The largest absolute Gasteiger partial charge is 0.633 e. The first-order valence-electron chi connectivity index (χ1n) is 36.4. The van der Waals surface area contributed by atoms with E-state index >= 15 is 0 Å². The minimum absolute atomic E-state index is 0.00292. The van der Waals surface area contributed by atoms with Gasteiger partial charge < -0.3 is 81.0 Å². The second-order valence-electron chi connectivity index (χ2n) is 27.6. The molecule has 20 nitrogen and oxygen atoms in total. The third-order valence-electron chi connectivity index (χ3n) is 18.5. The van der Waals surface area contributed by atoms with E-state index in [9.17, 15) is 9.69 Å². The van der Waals surface area contributed by atoms with Crippen LogP contribution >= 0.6 is 8.60 Å². The van der Waals surface area contributed by atoms with Crippen LogP contribution in [-0.4, -0.2) is 163 Å². The van der Waals surface area contributed by atoms with Gasteiger partial charge in [0.1, 0.15) is 92.9 Å². The van der Waals surface area contributed by atoms with Crippen molar-refractivity contribution in [3.05, 3.63) is 251 Å². The summed E-state index contributed by atoms with van der Waals surface area (Å²) in [5.41, 5.74) is 6.12. The van der Waals surface area contributed by atoms with E-state index in [1.165, 1.54) is 13.3 Å². The fraction of sp³-hybridized carbons (Fsp3) is 0.476. The molecule has 11 rings (SSSR count). The van der Waals surface area contributed by atoms with Gasteiger partial charge in [-0.25, -0.2) is 9.05 Å². The van der Waals surface area contributed by atoms with Crippen molar-refractivity contribution in [2.75, 3.05) is 60.7 Å². The normalized spacial score (nSPS) is 26.8. The molecule has 4 fully saturated rings. The Bertz CT molecular complexity index is 3470. The first kappa shape index (κ1) is 77.8. The Morgan fingerprint density at radius 3 is 1.43 bits per heavy atom. The average Bonchev–Trinajstić information content (AvgIpc) is 0.756. The number of amides is 1. The van der Waals surface area contributed by atoms with E-state index in [1.54, 1.807) is 0 Å². The monoisotopic (exact) mass is 1440 g/mol. The summed E-state index contributed by atoms with van der Waals surface area (Å²) < 4.78 is 113. The van der Waals surface area contributed by atoms with Gasteiger partial charge in [0.2, 0.25) is 14.5 Å². The van der Waals surface area contributed by atoms with E-state index < -0.39 is 113 Å². The van der Waals surface area contributed by atoms with E-state index in [1.807, 2.05) is 233 Å². The summed E-state index contributed by atoms with van der Waals surface area (Å²) >= 11 is 0. The van der Waals surface area contributed by atoms with Gasteiger partial charge in [-0.1, -0.05) is 251 Å². The highest BCUT2D eigenvalue weighted by atomic mass is 31.2. The number of carbonyl (C=O) groups is 1. The first-order valence-corrected chi connectivity index (χ1v) is 37.6. The van der Waals surface area contributed by atoms with Crippen LogP contribution in [0.3, 0.4) is 0 Å². The zero-order chi connectivity index (χ0) is 71.4. The number of ether oxygens (including phenoxy) is 14. The van der Waals surface area contributed by atoms with Gasteiger partial charge in [0, 0.05) is 19.1 Å². The van der Waals surface area contributed by atoms with E-state index in [-0.39, 0.29) is 66.1 Å². The molecule has 7 aromatic rings. The van der Waals surface area contributed by atoms with Gasteiger partial charge in [0.15, 0.2) is 25.2 Å². The number of carbonyl (C=O) groups excluding carboxylic acids is 1. The Morgan fingerprint density at radius 2 is 0.903 bits per heavy atom. The molecule has 17 atom stereocenters. The molecular formula is C82H104N2O18P+. The highest BCUT2D eigenvalue weighted by Gasteiger charge is 2.59. The van der Waals surface area contributed by atoms with E-state index in [0.717, 1.165) is 71.0 Å². The van der Waals surface area contributed by atoms with Crippen LogP contribution in [0.2, 0.25) is 0 Å². The molecule has 554 valence electrons. The Kier molecular flexibility index (Phi) is 31.0. The molecule has 4 aliphatic rings. The van der Waals surface area contributed by atoms with Gasteiger partial charge in [0.25, 0.3) is 0 Å². The van der Waals surface area contributed by atoms with Crippen LogP contribution in [0.25, 0.3) is 0 Å². The third kappa shape index (κ3) is 24.1. The third-order valence-corrected chi connectivity index (χ3v) is 19.3. The molecule has 1 amide bonds. The predicted octanol–water partition coefficient (Wildman–Crippen LogP) is 12.1. The van der Waals surface area contributed by atoms with Crippen LogP contribution in [-0.2, 0) is 120 Å². The number of quaternary nitrogens is 1. The molecule has 0 aliphatic carbocycles. The van der Waals surface area contributed by atoms with Gasteiger partial charge in [-0.15, -0.1) is 0 Å². The number of unbranched alkanes of at least 4 members (excludes halogenated alkanes) is 5. The second kappa shape index (κ2) is 41.0. The Labute approximate surface area is 608 Å². The van der Waals surface area contributed by atoms with Crippen molar-refractivity contribution in [2.45, 2.75) is 190 Å². The van der Waals surface area contributed by atoms with Crippen molar-refractivity contribution in [1.29, 1.82) is 0 Å². The minimum atomic E-state index is -3.12. The SMILES string of the molecule is CCCCCCCCO[C@@H]1O[C@H](COCc2ccccc2)[C@@H](O[C@@H]2O[C@@H]3COC(c4ccccc4)O[C@H]3[C@H](O[C@@H]3O[C@H](CO[PH+]([O-])OCC[N+](C)(C)C)[C@@H](OCc4ccccc4)[C@H](OCc4ccccc4)[C@H]3NC(C)=O)[C@@H]2OCc2ccccc2)[C@H](OCc2ccccc2)[C@H]1OCc1ccccc1. The molecule has 1 N–H and O–H groups in total. The number of nitrogens with one attached hydrogen (secondary N) is 1. The smallest absolute Gasteiger partial charge is 0.225 e. The van der Waals surface area contributed by atoms with Crippen LogP contribution in [0.5, 0.6) is 0 Å². The van der Waals surface area contributed by atoms with Crippen molar-refractivity contribution in [3.8, 4) is 0 Å². The molecule has 7 aromatic carbocycles. The maximum Gasteiger partial charge on any atom is 0.225 e. The highest BCUT2D eigenvalue weighted by molar-refractivity contribution is 7.39. The summed E-state index contributed by atoms with van der Waals surface area (Å²) in [6, 6.07) is 67.6. The molecule has 0 aromatic heterocycles. The topological polar surface area (TPSA) is 200 Å². The molecule has 0 spiro atoms. The van der Waals surface area contributed by atoms with Crippen molar-refractivity contribution in [1.82, 2.24) is 5.32 Å². The summed E-state index contributed by atoms with van der Waals surface area (Å²) in [4.78, 5) is 28.0. The molecule has 4 aliphatic heterocycles. The number of hydrogen-bond donors (Lipinski definition) is 1. The lowest BCUT2D eigenvalue weighted by atomic mass is 9.93. The zero-order valence-electron chi connectivity index (χ0n) is 60.0. The number of likely N-dealkylation sites (N-methyl/N-ethyl adjacent to an activating group) is 1. The van der Waals surface area contributed by atoms with Crippen molar-refractivity contribution >= 4 is 14.5 Å². The van der Waals surface area contributed by atoms with Crippen LogP contribution in [0.1, 0.15) is 97.6 Å². The number of nitrogens with zero attached hydrogens (tertiary/aromatic N) is 1. The van der Waals surface area contributed by atoms with Crippen LogP contribution in [0.4, 0.5) is 0 Å². The van der Waals surface area contributed by atoms with E-state index in [4.69, 9.17) is 75.4 Å². The van der Waals surface area contributed by atoms with Gasteiger partial charge in [-0.05, 0) is 39.8 Å². The van der Waals surface area contributed by atoms with Crippen molar-refractivity contribution in [3.63, 3.8) is 0 Å². The number of rotatable bonds is 40. The van der Waals surface area contributed by atoms with Gasteiger partial charge in [-0.2, -0.15) is 0 Å². The molecule has 103 heavy (non-hydrogen) atoms. The lowest BCUT2D eigenvalue weighted by Crippen LogP contribution is -2.70. The summed E-state index contributed by atoms with van der Waals surface area (Å²) in [6.07, 6.45) is -9.39. The van der Waals surface area contributed by atoms with Gasteiger partial charge in [0.05, 0.1) is 74.0 Å². The lowest BCUT2D eigenvalue weighted by Gasteiger charge is -2.53. The summed E-state index contributed by atoms with van der Waals surface area (Å²) in [5.74, 6) is -0.408.